The summed E-state index contributed by atoms with van der Waals surface area (Å²) in [5.74, 6) is -0.731. The number of ketones is 1. The molecule has 32 heavy (non-hydrogen) atoms. The predicted octanol–water partition coefficient (Wildman–Crippen LogP) is 1.29. The highest BCUT2D eigenvalue weighted by atomic mass is 16.5. The van der Waals surface area contributed by atoms with Gasteiger partial charge in [-0.3, -0.25) is 18.7 Å². The van der Waals surface area contributed by atoms with Crippen molar-refractivity contribution in [3.8, 4) is 11.5 Å². The number of carbonyl (C=O) groups excluding carboxylic acids is 2. The lowest BCUT2D eigenvalue weighted by atomic mass is 10.2. The number of anilines is 1. The number of nitrogens with two attached hydrogens (primary N) is 1. The van der Waals surface area contributed by atoms with Crippen LogP contribution in [-0.2, 0) is 23.6 Å². The van der Waals surface area contributed by atoms with Crippen molar-refractivity contribution >= 4 is 23.6 Å². The molecule has 0 spiro atoms. The minimum atomic E-state index is -0.851. The molecule has 0 atom stereocenters. The summed E-state index contributed by atoms with van der Waals surface area (Å²) < 4.78 is 17.9. The molecule has 2 rings (SSSR count). The quantitative estimate of drug-likeness (QED) is 0.329. The highest BCUT2D eigenvalue weighted by Gasteiger charge is 2.21. The van der Waals surface area contributed by atoms with E-state index in [9.17, 15) is 19.2 Å². The number of Topliss-reactive ketones (excluding diaryl/α,β-unsaturated/α-hetero) is 1. The maximum atomic E-state index is 12.4. The van der Waals surface area contributed by atoms with Crippen LogP contribution in [0.25, 0.3) is 6.08 Å². The van der Waals surface area contributed by atoms with Crippen molar-refractivity contribution in [3.05, 3.63) is 56.2 Å². The second-order valence-corrected chi connectivity index (χ2v) is 6.82. The van der Waals surface area contributed by atoms with Gasteiger partial charge >= 0.3 is 11.7 Å². The molecule has 0 aliphatic rings. The van der Waals surface area contributed by atoms with E-state index in [0.717, 1.165) is 21.6 Å². The van der Waals surface area contributed by atoms with Crippen LogP contribution in [0.1, 0.15) is 36.2 Å². The molecule has 0 unspecified atom stereocenters. The van der Waals surface area contributed by atoms with Crippen LogP contribution in [0.15, 0.2) is 33.9 Å². The molecule has 10 heteroatoms. The monoisotopic (exact) mass is 445 g/mol. The van der Waals surface area contributed by atoms with Crippen LogP contribution < -0.4 is 26.5 Å². The Morgan fingerprint density at radius 1 is 1.06 bits per heavy atom. The average Bonchev–Trinajstić information content (AvgIpc) is 2.78. The summed E-state index contributed by atoms with van der Waals surface area (Å²) in [6, 6.07) is 5.21. The van der Waals surface area contributed by atoms with E-state index in [1.807, 2.05) is 13.8 Å². The molecule has 0 saturated carbocycles. The van der Waals surface area contributed by atoms with Crippen molar-refractivity contribution in [2.24, 2.45) is 14.1 Å². The summed E-state index contributed by atoms with van der Waals surface area (Å²) in [6.45, 7) is 4.16. The second-order valence-electron chi connectivity index (χ2n) is 6.82. The number of nitrogens with zero attached hydrogens (tertiary/aromatic N) is 2. The molecule has 0 saturated heterocycles. The van der Waals surface area contributed by atoms with Gasteiger partial charge in [0, 0.05) is 20.2 Å². The Balaban J connectivity index is 2.09. The third-order valence-corrected chi connectivity index (χ3v) is 4.48. The van der Waals surface area contributed by atoms with E-state index in [4.69, 9.17) is 19.9 Å². The fraction of sp³-hybridized carbons (Fsp3) is 0.364. The molecular weight excluding hydrogens is 418 g/mol. The van der Waals surface area contributed by atoms with Gasteiger partial charge in [-0.1, -0.05) is 13.0 Å². The topological polar surface area (TPSA) is 132 Å². The van der Waals surface area contributed by atoms with Gasteiger partial charge in [0.15, 0.2) is 18.1 Å². The lowest BCUT2D eigenvalue weighted by molar-refractivity contribution is -0.136. The number of hydrogen-bond donors (Lipinski definition) is 1. The third-order valence-electron chi connectivity index (χ3n) is 4.48. The minimum Gasteiger partial charge on any atom is -0.490 e. The Hall–Kier alpha value is -3.82. The predicted molar refractivity (Wildman–Crippen MR) is 119 cm³/mol. The van der Waals surface area contributed by atoms with Gasteiger partial charge in [0.1, 0.15) is 11.4 Å². The van der Waals surface area contributed by atoms with Crippen molar-refractivity contribution < 1.29 is 23.8 Å². The number of esters is 1. The zero-order chi connectivity index (χ0) is 23.8. The highest BCUT2D eigenvalue weighted by molar-refractivity contribution is 6.01. The normalized spacial score (nSPS) is 10.9. The first-order chi connectivity index (χ1) is 15.2. The Morgan fingerprint density at radius 3 is 2.44 bits per heavy atom. The SMILES string of the molecule is CCCOc1ccc(C=CC(=O)OCC(=O)c2c(N)n(C)c(=O)n(C)c2=O)cc1OCC. The van der Waals surface area contributed by atoms with Crippen molar-refractivity contribution in [1.29, 1.82) is 0 Å². The Bertz CT molecular complexity index is 1150. The average molecular weight is 445 g/mol. The molecule has 0 bridgehead atoms. The largest absolute Gasteiger partial charge is 0.490 e. The molecule has 1 aromatic heterocycles. The van der Waals surface area contributed by atoms with E-state index in [1.54, 1.807) is 18.2 Å². The second kappa shape index (κ2) is 11.0. The Labute approximate surface area is 184 Å². The van der Waals surface area contributed by atoms with Gasteiger partial charge in [0.2, 0.25) is 5.78 Å². The standard InChI is InChI=1S/C22H27N3O7/c1-5-11-31-16-9-7-14(12-17(16)30-6-2)8-10-18(27)32-13-15(26)19-20(23)24(3)22(29)25(4)21(19)28/h7-10,12H,5-6,11,13,23H2,1-4H3. The molecule has 0 aliphatic heterocycles. The van der Waals surface area contributed by atoms with E-state index in [-0.39, 0.29) is 5.82 Å². The van der Waals surface area contributed by atoms with E-state index in [2.05, 4.69) is 0 Å². The molecule has 1 heterocycles. The van der Waals surface area contributed by atoms with E-state index in [1.165, 1.54) is 20.2 Å². The van der Waals surface area contributed by atoms with Crippen molar-refractivity contribution in [2.45, 2.75) is 20.3 Å². The fourth-order valence-electron chi connectivity index (χ4n) is 2.77. The zero-order valence-corrected chi connectivity index (χ0v) is 18.5. The molecular formula is C22H27N3O7. The van der Waals surface area contributed by atoms with Crippen molar-refractivity contribution in [2.75, 3.05) is 25.6 Å². The van der Waals surface area contributed by atoms with Crippen molar-refractivity contribution in [3.63, 3.8) is 0 Å². The maximum Gasteiger partial charge on any atom is 0.332 e. The summed E-state index contributed by atoms with van der Waals surface area (Å²) in [6.07, 6.45) is 3.50. The molecule has 0 amide bonds. The number of hydrogen-bond acceptors (Lipinski definition) is 8. The summed E-state index contributed by atoms with van der Waals surface area (Å²) in [5.41, 5.74) is 4.47. The molecule has 0 radical (unpaired) electrons. The lowest BCUT2D eigenvalue weighted by Crippen LogP contribution is -2.42. The van der Waals surface area contributed by atoms with Crippen LogP contribution in [0.3, 0.4) is 0 Å². The third kappa shape index (κ3) is 5.65. The van der Waals surface area contributed by atoms with Gasteiger partial charge in [-0.2, -0.15) is 0 Å². The summed E-state index contributed by atoms with van der Waals surface area (Å²) in [5, 5.41) is 0. The lowest BCUT2D eigenvalue weighted by Gasteiger charge is -2.12. The molecule has 172 valence electrons. The number of aromatic nitrogens is 2. The van der Waals surface area contributed by atoms with Crippen LogP contribution >= 0.6 is 0 Å². The number of rotatable bonds is 10. The summed E-state index contributed by atoms with van der Waals surface area (Å²) in [7, 11) is 2.56. The minimum absolute atomic E-state index is 0.288. The van der Waals surface area contributed by atoms with Crippen LogP contribution in [0.2, 0.25) is 0 Å². The zero-order valence-electron chi connectivity index (χ0n) is 18.5. The number of nitrogen functional groups attached to an aromatic ring is 1. The molecule has 2 N–H and O–H groups in total. The van der Waals surface area contributed by atoms with Crippen LogP contribution in [0.5, 0.6) is 11.5 Å². The van der Waals surface area contributed by atoms with Gasteiger partial charge in [-0.25, -0.2) is 9.59 Å². The van der Waals surface area contributed by atoms with Crippen molar-refractivity contribution in [1.82, 2.24) is 9.13 Å². The van der Waals surface area contributed by atoms with Gasteiger partial charge in [0.05, 0.1) is 13.2 Å². The van der Waals surface area contributed by atoms with Gasteiger partial charge in [-0.05, 0) is 37.1 Å². The molecule has 2 aromatic rings. The van der Waals surface area contributed by atoms with Crippen LogP contribution in [0.4, 0.5) is 5.82 Å². The highest BCUT2D eigenvalue weighted by Crippen LogP contribution is 2.29. The number of ether oxygens (including phenoxy) is 3. The molecule has 0 fully saturated rings. The van der Waals surface area contributed by atoms with E-state index in [0.29, 0.717) is 30.3 Å². The Morgan fingerprint density at radius 2 is 1.78 bits per heavy atom. The fourth-order valence-corrected chi connectivity index (χ4v) is 2.77. The first-order valence-electron chi connectivity index (χ1n) is 10.0. The smallest absolute Gasteiger partial charge is 0.332 e. The van der Waals surface area contributed by atoms with Gasteiger partial charge in [0.25, 0.3) is 5.56 Å². The molecule has 0 aliphatic carbocycles. The van der Waals surface area contributed by atoms with Crippen LogP contribution in [-0.4, -0.2) is 40.7 Å². The summed E-state index contributed by atoms with van der Waals surface area (Å²) in [4.78, 5) is 48.5. The van der Waals surface area contributed by atoms with E-state index < -0.39 is 35.2 Å². The van der Waals surface area contributed by atoms with Gasteiger partial charge < -0.3 is 19.9 Å². The number of benzene rings is 1. The summed E-state index contributed by atoms with van der Waals surface area (Å²) >= 11 is 0. The first-order valence-corrected chi connectivity index (χ1v) is 10.0. The first kappa shape index (κ1) is 24.4. The molecule has 10 nitrogen and oxygen atoms in total. The molecule has 1 aromatic carbocycles. The Kier molecular flexibility index (Phi) is 8.39. The van der Waals surface area contributed by atoms with Gasteiger partial charge in [-0.15, -0.1) is 0 Å². The van der Waals surface area contributed by atoms with E-state index >= 15 is 0 Å². The van der Waals surface area contributed by atoms with Crippen LogP contribution in [0, 0.1) is 0 Å². The number of carbonyl (C=O) groups is 2. The maximum absolute atomic E-state index is 12.4.